The molecule has 2 nitrogen and oxygen atoms in total. The van der Waals surface area contributed by atoms with Crippen LogP contribution in [0.2, 0.25) is 10.3 Å². The highest BCUT2D eigenvalue weighted by atomic mass is 35.5. The van der Waals surface area contributed by atoms with Crippen LogP contribution < -0.4 is 0 Å². The first-order valence-electron chi connectivity index (χ1n) is 4.82. The molecule has 0 atom stereocenters. The third-order valence-corrected chi connectivity index (χ3v) is 2.98. The molecule has 1 heterocycles. The van der Waals surface area contributed by atoms with Crippen molar-refractivity contribution in [3.63, 3.8) is 0 Å². The van der Waals surface area contributed by atoms with E-state index in [0.29, 0.717) is 0 Å². The number of aromatic nitrogens is 2. The van der Waals surface area contributed by atoms with Crippen LogP contribution in [0, 0.1) is 0 Å². The van der Waals surface area contributed by atoms with Crippen LogP contribution in [0.4, 0.5) is 26.3 Å². The number of benzene rings is 1. The fraction of sp³-hybridized carbons (Fsp3) is 0.200. The van der Waals surface area contributed by atoms with Crippen molar-refractivity contribution >= 4 is 34.2 Å². The average molecular weight is 335 g/mol. The van der Waals surface area contributed by atoms with Crippen LogP contribution >= 0.6 is 23.2 Å². The SMILES string of the molecule is FC(F)(F)c1ccc(C(F)(F)F)c2nc(Cl)c(Cl)nc12. The van der Waals surface area contributed by atoms with Crippen LogP contribution in [0.3, 0.4) is 0 Å². The number of alkyl halides is 6. The molecule has 0 aliphatic carbocycles. The Morgan fingerprint density at radius 1 is 0.700 bits per heavy atom. The standard InChI is InChI=1S/C10H2Cl2F6N2/c11-7-8(12)20-6-4(10(16,17)18)2-1-3(5(6)19-7)9(13,14)15/h1-2H. The maximum atomic E-state index is 12.8. The van der Waals surface area contributed by atoms with Gasteiger partial charge in [-0.3, -0.25) is 0 Å². The number of hydrogen-bond acceptors (Lipinski definition) is 2. The molecule has 10 heteroatoms. The van der Waals surface area contributed by atoms with Crippen LogP contribution in [0.15, 0.2) is 12.1 Å². The molecule has 0 fully saturated rings. The molecule has 0 saturated heterocycles. The smallest absolute Gasteiger partial charge is 0.231 e. The Labute approximate surface area is 117 Å². The Morgan fingerprint density at radius 2 is 1.00 bits per heavy atom. The van der Waals surface area contributed by atoms with Gasteiger partial charge in [0.1, 0.15) is 11.0 Å². The predicted octanol–water partition coefficient (Wildman–Crippen LogP) is 4.97. The van der Waals surface area contributed by atoms with Crippen molar-refractivity contribution in [2.75, 3.05) is 0 Å². The summed E-state index contributed by atoms with van der Waals surface area (Å²) in [7, 11) is 0. The van der Waals surface area contributed by atoms with Gasteiger partial charge in [0.05, 0.1) is 11.1 Å². The van der Waals surface area contributed by atoms with E-state index in [-0.39, 0.29) is 12.1 Å². The second-order valence-corrected chi connectivity index (χ2v) is 4.37. The van der Waals surface area contributed by atoms with E-state index in [1.54, 1.807) is 0 Å². The lowest BCUT2D eigenvalue weighted by Crippen LogP contribution is -2.12. The van der Waals surface area contributed by atoms with Crippen molar-refractivity contribution in [2.24, 2.45) is 0 Å². The largest absolute Gasteiger partial charge is 0.418 e. The number of nitrogens with zero attached hydrogens (tertiary/aromatic N) is 2. The molecule has 0 radical (unpaired) electrons. The molecule has 0 N–H and O–H groups in total. The summed E-state index contributed by atoms with van der Waals surface area (Å²) in [5.74, 6) is 0. The fourth-order valence-corrected chi connectivity index (χ4v) is 1.81. The Balaban J connectivity index is 2.94. The number of halogens is 8. The molecule has 0 unspecified atom stereocenters. The normalized spacial score (nSPS) is 13.0. The minimum atomic E-state index is -4.89. The summed E-state index contributed by atoms with van der Waals surface area (Å²) in [6.45, 7) is 0. The predicted molar refractivity (Wildman–Crippen MR) is 59.6 cm³/mol. The van der Waals surface area contributed by atoms with E-state index in [2.05, 4.69) is 9.97 Å². The number of fused-ring (bicyclic) bond motifs is 1. The van der Waals surface area contributed by atoms with Crippen molar-refractivity contribution in [3.05, 3.63) is 33.6 Å². The van der Waals surface area contributed by atoms with Crippen LogP contribution in [0.25, 0.3) is 11.0 Å². The molecule has 1 aromatic heterocycles. The van der Waals surface area contributed by atoms with E-state index >= 15 is 0 Å². The third-order valence-electron chi connectivity index (χ3n) is 2.35. The second kappa shape index (κ2) is 4.63. The maximum absolute atomic E-state index is 12.8. The summed E-state index contributed by atoms with van der Waals surface area (Å²) in [5.41, 5.74) is -4.73. The highest BCUT2D eigenvalue weighted by Gasteiger charge is 2.39. The molecule has 2 rings (SSSR count). The summed E-state index contributed by atoms with van der Waals surface area (Å²) >= 11 is 10.8. The first-order valence-corrected chi connectivity index (χ1v) is 5.57. The van der Waals surface area contributed by atoms with Crippen molar-refractivity contribution in [1.29, 1.82) is 0 Å². The van der Waals surface area contributed by atoms with Gasteiger partial charge in [0, 0.05) is 0 Å². The van der Waals surface area contributed by atoms with Gasteiger partial charge in [0.15, 0.2) is 10.3 Å². The first kappa shape index (κ1) is 15.1. The molecule has 1 aromatic carbocycles. The van der Waals surface area contributed by atoms with E-state index in [0.717, 1.165) is 0 Å². The zero-order valence-corrected chi connectivity index (χ0v) is 10.6. The molecule has 108 valence electrons. The molecule has 0 spiro atoms. The van der Waals surface area contributed by atoms with E-state index < -0.39 is 44.8 Å². The van der Waals surface area contributed by atoms with Crippen molar-refractivity contribution in [3.8, 4) is 0 Å². The van der Waals surface area contributed by atoms with Crippen molar-refractivity contribution < 1.29 is 26.3 Å². The van der Waals surface area contributed by atoms with Crippen LogP contribution in [0.5, 0.6) is 0 Å². The molecular formula is C10H2Cl2F6N2. The molecule has 0 bridgehead atoms. The molecule has 0 amide bonds. The van der Waals surface area contributed by atoms with E-state index in [4.69, 9.17) is 23.2 Å². The summed E-state index contributed by atoms with van der Waals surface area (Å²) in [6, 6.07) is 0.564. The highest BCUT2D eigenvalue weighted by molar-refractivity contribution is 6.40. The maximum Gasteiger partial charge on any atom is 0.418 e. The van der Waals surface area contributed by atoms with E-state index in [9.17, 15) is 26.3 Å². The summed E-state index contributed by atoms with van der Waals surface area (Å²) in [4.78, 5) is 6.53. The highest BCUT2D eigenvalue weighted by Crippen LogP contribution is 2.40. The minimum Gasteiger partial charge on any atom is -0.231 e. The van der Waals surface area contributed by atoms with Gasteiger partial charge in [0.25, 0.3) is 0 Å². The van der Waals surface area contributed by atoms with Gasteiger partial charge in [-0.05, 0) is 12.1 Å². The van der Waals surface area contributed by atoms with Crippen LogP contribution in [-0.4, -0.2) is 9.97 Å². The van der Waals surface area contributed by atoms with Gasteiger partial charge >= 0.3 is 12.4 Å². The Bertz CT molecular complexity index is 621. The Hall–Kier alpha value is -1.28. The topological polar surface area (TPSA) is 25.8 Å². The van der Waals surface area contributed by atoms with Gasteiger partial charge in [0.2, 0.25) is 0 Å². The van der Waals surface area contributed by atoms with Gasteiger partial charge < -0.3 is 0 Å². The number of rotatable bonds is 0. The monoisotopic (exact) mass is 334 g/mol. The summed E-state index contributed by atoms with van der Waals surface area (Å²) in [5, 5.41) is -1.21. The third kappa shape index (κ3) is 2.62. The molecule has 20 heavy (non-hydrogen) atoms. The molecule has 0 saturated carbocycles. The van der Waals surface area contributed by atoms with Crippen LogP contribution in [-0.2, 0) is 12.4 Å². The lowest BCUT2D eigenvalue weighted by atomic mass is 10.1. The van der Waals surface area contributed by atoms with Crippen LogP contribution in [0.1, 0.15) is 11.1 Å². The number of hydrogen-bond donors (Lipinski definition) is 0. The fourth-order valence-electron chi connectivity index (χ4n) is 1.55. The lowest BCUT2D eigenvalue weighted by Gasteiger charge is -2.14. The molecule has 2 aromatic rings. The minimum absolute atomic E-state index is 0.282. The second-order valence-electron chi connectivity index (χ2n) is 3.66. The lowest BCUT2D eigenvalue weighted by molar-refractivity contribution is -0.139. The van der Waals surface area contributed by atoms with Gasteiger partial charge in [-0.2, -0.15) is 26.3 Å². The zero-order valence-electron chi connectivity index (χ0n) is 9.07. The van der Waals surface area contributed by atoms with Crippen molar-refractivity contribution in [2.45, 2.75) is 12.4 Å². The van der Waals surface area contributed by atoms with Gasteiger partial charge in [-0.1, -0.05) is 23.2 Å². The van der Waals surface area contributed by atoms with E-state index in [1.807, 2.05) is 0 Å². The molecule has 0 aliphatic heterocycles. The van der Waals surface area contributed by atoms with Gasteiger partial charge in [-0.15, -0.1) is 0 Å². The molecular weight excluding hydrogens is 333 g/mol. The summed E-state index contributed by atoms with van der Waals surface area (Å²) < 4.78 is 76.5. The Morgan fingerprint density at radius 3 is 1.25 bits per heavy atom. The average Bonchev–Trinajstić information content (AvgIpc) is 2.26. The van der Waals surface area contributed by atoms with E-state index in [1.165, 1.54) is 0 Å². The quantitative estimate of drug-likeness (QED) is 0.635. The van der Waals surface area contributed by atoms with Gasteiger partial charge in [-0.25, -0.2) is 9.97 Å². The van der Waals surface area contributed by atoms with Crippen molar-refractivity contribution in [1.82, 2.24) is 9.97 Å². The zero-order chi connectivity index (χ0) is 15.3. The first-order chi connectivity index (χ1) is 9.01. The Kier molecular flexibility index (Phi) is 3.50. The molecule has 0 aliphatic rings. The summed E-state index contributed by atoms with van der Waals surface area (Å²) in [6.07, 6.45) is -9.79.